The highest BCUT2D eigenvalue weighted by atomic mass is 16.5. The Morgan fingerprint density at radius 2 is 1.61 bits per heavy atom. The quantitative estimate of drug-likeness (QED) is 0.709. The number of benzene rings is 2. The lowest BCUT2D eigenvalue weighted by molar-refractivity contribution is 0.0949. The maximum Gasteiger partial charge on any atom is 0.251 e. The predicted octanol–water partition coefficient (Wildman–Crippen LogP) is 2.84. The number of ether oxygens (including phenoxy) is 1. The molecule has 4 rings (SSSR count). The van der Waals surface area contributed by atoms with Gasteiger partial charge in [0.1, 0.15) is 5.75 Å². The molecule has 0 radical (unpaired) electrons. The van der Waals surface area contributed by atoms with E-state index in [0.717, 1.165) is 70.2 Å². The van der Waals surface area contributed by atoms with Crippen molar-refractivity contribution in [2.24, 2.45) is 0 Å². The van der Waals surface area contributed by atoms with Crippen LogP contribution in [0.15, 0.2) is 48.5 Å². The lowest BCUT2D eigenvalue weighted by Gasteiger charge is -2.36. The van der Waals surface area contributed by atoms with Crippen LogP contribution < -0.4 is 15.0 Å². The first-order chi connectivity index (χ1) is 15.2. The summed E-state index contributed by atoms with van der Waals surface area (Å²) >= 11 is 0. The smallest absolute Gasteiger partial charge is 0.251 e. The number of hydrogen-bond acceptors (Lipinski definition) is 5. The van der Waals surface area contributed by atoms with Gasteiger partial charge in [-0.05, 0) is 55.8 Å². The van der Waals surface area contributed by atoms with Gasteiger partial charge in [-0.1, -0.05) is 24.3 Å². The number of anilines is 1. The van der Waals surface area contributed by atoms with Crippen molar-refractivity contribution in [1.82, 2.24) is 15.1 Å². The molecule has 1 amide bonds. The summed E-state index contributed by atoms with van der Waals surface area (Å²) in [5.41, 5.74) is 3.16. The fourth-order valence-electron chi connectivity index (χ4n) is 4.49. The van der Waals surface area contributed by atoms with E-state index < -0.39 is 0 Å². The topological polar surface area (TPSA) is 48.1 Å². The van der Waals surface area contributed by atoms with E-state index in [-0.39, 0.29) is 5.91 Å². The Labute approximate surface area is 185 Å². The monoisotopic (exact) mass is 422 g/mol. The summed E-state index contributed by atoms with van der Waals surface area (Å²) in [6.07, 6.45) is 2.57. The Bertz CT molecular complexity index is 841. The Morgan fingerprint density at radius 1 is 0.903 bits per heavy atom. The molecule has 2 heterocycles. The molecule has 0 atom stereocenters. The molecule has 2 saturated heterocycles. The molecule has 166 valence electrons. The van der Waals surface area contributed by atoms with Gasteiger partial charge in [-0.25, -0.2) is 0 Å². The highest BCUT2D eigenvalue weighted by Gasteiger charge is 2.19. The zero-order valence-electron chi connectivity index (χ0n) is 18.6. The molecular formula is C25H34N4O2. The average molecular weight is 423 g/mol. The van der Waals surface area contributed by atoms with Crippen molar-refractivity contribution in [1.29, 1.82) is 0 Å². The van der Waals surface area contributed by atoms with Crippen molar-refractivity contribution in [2.45, 2.75) is 19.4 Å². The molecule has 1 N–H and O–H groups in total. The summed E-state index contributed by atoms with van der Waals surface area (Å²) in [6, 6.07) is 16.3. The SMILES string of the molecule is COc1ccccc1N1CCN(Cc2ccc(C(=O)NCCN3CCCC3)cc2)CC1. The highest BCUT2D eigenvalue weighted by Crippen LogP contribution is 2.28. The number of carbonyl (C=O) groups excluding carboxylic acids is 1. The molecule has 0 saturated carbocycles. The highest BCUT2D eigenvalue weighted by molar-refractivity contribution is 5.94. The number of rotatable bonds is 8. The number of para-hydroxylation sites is 2. The fourth-order valence-corrected chi connectivity index (χ4v) is 4.49. The van der Waals surface area contributed by atoms with Crippen LogP contribution in [0.1, 0.15) is 28.8 Å². The molecule has 2 aromatic carbocycles. The van der Waals surface area contributed by atoms with E-state index in [2.05, 4.69) is 44.3 Å². The van der Waals surface area contributed by atoms with Gasteiger partial charge in [0.2, 0.25) is 0 Å². The Morgan fingerprint density at radius 3 is 2.32 bits per heavy atom. The standard InChI is InChI=1S/C25H34N4O2/c1-31-24-7-3-2-6-23(24)29-18-16-28(17-19-29)20-21-8-10-22(11-9-21)25(30)26-12-15-27-13-4-5-14-27/h2-3,6-11H,4-5,12-20H2,1H3,(H,26,30). The van der Waals surface area contributed by atoms with Gasteiger partial charge in [0.25, 0.3) is 5.91 Å². The van der Waals surface area contributed by atoms with Crippen molar-refractivity contribution in [3.05, 3.63) is 59.7 Å². The first kappa shape index (κ1) is 21.7. The van der Waals surface area contributed by atoms with Gasteiger partial charge in [-0.15, -0.1) is 0 Å². The molecule has 2 fully saturated rings. The normalized spacial score (nSPS) is 17.6. The molecule has 2 aliphatic rings. The van der Waals surface area contributed by atoms with Crippen molar-refractivity contribution in [3.8, 4) is 5.75 Å². The Balaban J connectivity index is 1.22. The van der Waals surface area contributed by atoms with Crippen molar-refractivity contribution in [3.63, 3.8) is 0 Å². The summed E-state index contributed by atoms with van der Waals surface area (Å²) in [5, 5.41) is 3.05. The zero-order chi connectivity index (χ0) is 21.5. The largest absolute Gasteiger partial charge is 0.495 e. The average Bonchev–Trinajstić information content (AvgIpc) is 3.33. The van der Waals surface area contributed by atoms with E-state index in [1.807, 2.05) is 24.3 Å². The van der Waals surface area contributed by atoms with E-state index in [9.17, 15) is 4.79 Å². The third kappa shape index (κ3) is 5.77. The van der Waals surface area contributed by atoms with Gasteiger partial charge in [0.15, 0.2) is 0 Å². The number of nitrogens with zero attached hydrogens (tertiary/aromatic N) is 3. The van der Waals surface area contributed by atoms with Crippen LogP contribution in [0.3, 0.4) is 0 Å². The molecule has 31 heavy (non-hydrogen) atoms. The molecule has 2 aliphatic heterocycles. The number of carbonyl (C=O) groups is 1. The molecule has 0 unspecified atom stereocenters. The summed E-state index contributed by atoms with van der Waals surface area (Å²) in [4.78, 5) is 19.7. The van der Waals surface area contributed by atoms with Crippen LogP contribution in [0.2, 0.25) is 0 Å². The van der Waals surface area contributed by atoms with Crippen LogP contribution in [-0.2, 0) is 6.54 Å². The number of hydrogen-bond donors (Lipinski definition) is 1. The number of methoxy groups -OCH3 is 1. The first-order valence-corrected chi connectivity index (χ1v) is 11.4. The van der Waals surface area contributed by atoms with Crippen LogP contribution in [0.25, 0.3) is 0 Å². The van der Waals surface area contributed by atoms with Gasteiger partial charge < -0.3 is 19.9 Å². The minimum atomic E-state index is 0.0242. The summed E-state index contributed by atoms with van der Waals surface area (Å²) in [7, 11) is 1.73. The molecule has 0 spiro atoms. The zero-order valence-corrected chi connectivity index (χ0v) is 18.6. The minimum Gasteiger partial charge on any atom is -0.495 e. The van der Waals surface area contributed by atoms with E-state index in [1.54, 1.807) is 7.11 Å². The number of amides is 1. The minimum absolute atomic E-state index is 0.0242. The fraction of sp³-hybridized carbons (Fsp3) is 0.480. The van der Waals surface area contributed by atoms with E-state index in [4.69, 9.17) is 4.74 Å². The second-order valence-electron chi connectivity index (χ2n) is 8.44. The van der Waals surface area contributed by atoms with E-state index in [0.29, 0.717) is 0 Å². The molecule has 0 aromatic heterocycles. The maximum atomic E-state index is 12.4. The second-order valence-corrected chi connectivity index (χ2v) is 8.44. The Kier molecular flexibility index (Phi) is 7.43. The lowest BCUT2D eigenvalue weighted by Crippen LogP contribution is -2.46. The van der Waals surface area contributed by atoms with Crippen LogP contribution in [0.5, 0.6) is 5.75 Å². The number of likely N-dealkylation sites (tertiary alicyclic amines) is 1. The van der Waals surface area contributed by atoms with Crippen LogP contribution in [0.4, 0.5) is 5.69 Å². The number of nitrogens with one attached hydrogen (secondary N) is 1. The predicted molar refractivity (Wildman–Crippen MR) is 125 cm³/mol. The Hall–Kier alpha value is -2.57. The first-order valence-electron chi connectivity index (χ1n) is 11.4. The molecule has 0 aliphatic carbocycles. The maximum absolute atomic E-state index is 12.4. The molecule has 0 bridgehead atoms. The third-order valence-corrected chi connectivity index (χ3v) is 6.33. The van der Waals surface area contributed by atoms with Crippen LogP contribution in [-0.4, -0.2) is 75.2 Å². The van der Waals surface area contributed by atoms with Gasteiger partial charge in [0.05, 0.1) is 12.8 Å². The van der Waals surface area contributed by atoms with E-state index >= 15 is 0 Å². The summed E-state index contributed by atoms with van der Waals surface area (Å²) in [5.74, 6) is 0.960. The molecule has 6 nitrogen and oxygen atoms in total. The molecular weight excluding hydrogens is 388 g/mol. The van der Waals surface area contributed by atoms with E-state index in [1.165, 1.54) is 24.1 Å². The van der Waals surface area contributed by atoms with Gasteiger partial charge >= 0.3 is 0 Å². The third-order valence-electron chi connectivity index (χ3n) is 6.33. The summed E-state index contributed by atoms with van der Waals surface area (Å²) in [6.45, 7) is 8.90. The van der Waals surface area contributed by atoms with Crippen molar-refractivity contribution < 1.29 is 9.53 Å². The van der Waals surface area contributed by atoms with Crippen molar-refractivity contribution in [2.75, 3.05) is 64.4 Å². The molecule has 2 aromatic rings. The second kappa shape index (κ2) is 10.6. The van der Waals surface area contributed by atoms with Crippen LogP contribution >= 0.6 is 0 Å². The number of piperazine rings is 1. The van der Waals surface area contributed by atoms with Gasteiger partial charge in [-0.2, -0.15) is 0 Å². The lowest BCUT2D eigenvalue weighted by atomic mass is 10.1. The van der Waals surface area contributed by atoms with Gasteiger partial charge in [0, 0.05) is 51.4 Å². The molecule has 6 heteroatoms. The van der Waals surface area contributed by atoms with Crippen LogP contribution in [0, 0.1) is 0 Å². The summed E-state index contributed by atoms with van der Waals surface area (Å²) < 4.78 is 5.51. The van der Waals surface area contributed by atoms with Gasteiger partial charge in [-0.3, -0.25) is 9.69 Å². The van der Waals surface area contributed by atoms with Crippen molar-refractivity contribution >= 4 is 11.6 Å².